The third-order valence-electron chi connectivity index (χ3n) is 2.14. The van der Waals surface area contributed by atoms with Gasteiger partial charge in [0.05, 0.1) is 6.61 Å². The minimum absolute atomic E-state index is 0.196. The largest absolute Gasteiger partial charge is 0.478 e. The van der Waals surface area contributed by atoms with Crippen LogP contribution in [0.1, 0.15) is 12.7 Å². The number of hydrogen-bond donors (Lipinski definition) is 0. The van der Waals surface area contributed by atoms with Gasteiger partial charge < -0.3 is 9.64 Å². The van der Waals surface area contributed by atoms with Crippen molar-refractivity contribution in [3.05, 3.63) is 11.9 Å². The van der Waals surface area contributed by atoms with E-state index in [0.29, 0.717) is 17.8 Å². The van der Waals surface area contributed by atoms with Gasteiger partial charge in [0.25, 0.3) is 0 Å². The number of anilines is 1. The molecule has 0 aliphatic rings. The molecule has 0 fully saturated rings. The van der Waals surface area contributed by atoms with E-state index < -0.39 is 12.7 Å². The van der Waals surface area contributed by atoms with E-state index in [0.717, 1.165) is 4.90 Å². The van der Waals surface area contributed by atoms with Crippen LogP contribution in [0.5, 0.6) is 5.88 Å². The number of aryl methyl sites for hydroxylation is 1. The quantitative estimate of drug-likeness (QED) is 0.745. The predicted octanol–water partition coefficient (Wildman–Crippen LogP) is 2.95. The first-order chi connectivity index (χ1) is 8.85. The summed E-state index contributed by atoms with van der Waals surface area (Å²) >= 11 is 3.14. The van der Waals surface area contributed by atoms with Crippen LogP contribution in [0, 0.1) is 6.92 Å². The summed E-state index contributed by atoms with van der Waals surface area (Å²) in [6.45, 7) is 2.94. The second kappa shape index (κ2) is 6.93. The fourth-order valence-corrected chi connectivity index (χ4v) is 1.93. The molecule has 0 spiro atoms. The lowest BCUT2D eigenvalue weighted by atomic mass is 10.4. The first-order valence-electron chi connectivity index (χ1n) is 5.72. The van der Waals surface area contributed by atoms with Gasteiger partial charge in [0.2, 0.25) is 5.88 Å². The van der Waals surface area contributed by atoms with Gasteiger partial charge in [-0.25, -0.2) is 4.98 Å². The molecule has 0 radical (unpaired) electrons. The number of aromatic nitrogens is 2. The van der Waals surface area contributed by atoms with Crippen molar-refractivity contribution in [2.24, 2.45) is 0 Å². The highest BCUT2D eigenvalue weighted by molar-refractivity contribution is 9.09. The average molecular weight is 342 g/mol. The molecule has 0 amide bonds. The third kappa shape index (κ3) is 5.63. The maximum Gasteiger partial charge on any atom is 0.405 e. The molecule has 0 bridgehead atoms. The van der Waals surface area contributed by atoms with Crippen LogP contribution < -0.4 is 9.64 Å². The Kier molecular flexibility index (Phi) is 5.84. The minimum atomic E-state index is -4.28. The van der Waals surface area contributed by atoms with Crippen LogP contribution in [0.15, 0.2) is 6.07 Å². The van der Waals surface area contributed by atoms with E-state index in [1.165, 1.54) is 6.07 Å². The molecule has 19 heavy (non-hydrogen) atoms. The summed E-state index contributed by atoms with van der Waals surface area (Å²) < 4.78 is 42.8. The summed E-state index contributed by atoms with van der Waals surface area (Å²) in [7, 11) is 0. The van der Waals surface area contributed by atoms with Crippen LogP contribution in [0.3, 0.4) is 0 Å². The molecule has 1 aromatic rings. The Morgan fingerprint density at radius 3 is 2.58 bits per heavy atom. The van der Waals surface area contributed by atoms with E-state index in [-0.39, 0.29) is 18.2 Å². The standard InChI is InChI=1S/C11H15BrF3N3O/c1-3-19-10-6-9(16-8(2)17-10)18(5-4-12)7-11(13,14)15/h6H,3-5,7H2,1-2H3. The van der Waals surface area contributed by atoms with Gasteiger partial charge in [-0.05, 0) is 13.8 Å². The fraction of sp³-hybridized carbons (Fsp3) is 0.636. The Morgan fingerprint density at radius 2 is 2.05 bits per heavy atom. The lowest BCUT2D eigenvalue weighted by Gasteiger charge is -2.24. The molecule has 0 saturated carbocycles. The summed E-state index contributed by atoms with van der Waals surface area (Å²) in [6, 6.07) is 1.42. The van der Waals surface area contributed by atoms with E-state index in [1.54, 1.807) is 13.8 Å². The summed E-state index contributed by atoms with van der Waals surface area (Å²) in [5.41, 5.74) is 0. The van der Waals surface area contributed by atoms with E-state index in [9.17, 15) is 13.2 Å². The van der Waals surface area contributed by atoms with Gasteiger partial charge in [0, 0.05) is 17.9 Å². The zero-order valence-corrected chi connectivity index (χ0v) is 12.3. The SMILES string of the molecule is CCOc1cc(N(CCBr)CC(F)(F)F)nc(C)n1. The molecule has 0 saturated heterocycles. The number of alkyl halides is 4. The Balaban J connectivity index is 3.00. The topological polar surface area (TPSA) is 38.2 Å². The first-order valence-corrected chi connectivity index (χ1v) is 6.84. The minimum Gasteiger partial charge on any atom is -0.478 e. The summed E-state index contributed by atoms with van der Waals surface area (Å²) in [5, 5.41) is 0.413. The van der Waals surface area contributed by atoms with Crippen molar-refractivity contribution >= 4 is 21.7 Å². The van der Waals surface area contributed by atoms with Crippen molar-refractivity contribution in [2.75, 3.05) is 29.9 Å². The maximum atomic E-state index is 12.5. The predicted molar refractivity (Wildman–Crippen MR) is 70.0 cm³/mol. The van der Waals surface area contributed by atoms with Crippen molar-refractivity contribution in [3.8, 4) is 5.88 Å². The molecule has 0 aromatic carbocycles. The van der Waals surface area contributed by atoms with Crippen LogP contribution in [-0.2, 0) is 0 Å². The highest BCUT2D eigenvalue weighted by Crippen LogP contribution is 2.23. The molecule has 8 heteroatoms. The van der Waals surface area contributed by atoms with Gasteiger partial charge in [-0.1, -0.05) is 15.9 Å². The molecular formula is C11H15BrF3N3O. The number of ether oxygens (including phenoxy) is 1. The second-order valence-electron chi connectivity index (χ2n) is 3.77. The molecule has 108 valence electrons. The van der Waals surface area contributed by atoms with Gasteiger partial charge in [-0.2, -0.15) is 18.2 Å². The lowest BCUT2D eigenvalue weighted by Crippen LogP contribution is -2.36. The monoisotopic (exact) mass is 341 g/mol. The molecular weight excluding hydrogens is 327 g/mol. The fourth-order valence-electron chi connectivity index (χ4n) is 1.50. The van der Waals surface area contributed by atoms with E-state index in [2.05, 4.69) is 25.9 Å². The molecule has 1 rings (SSSR count). The van der Waals surface area contributed by atoms with Gasteiger partial charge in [0.1, 0.15) is 18.2 Å². The smallest absolute Gasteiger partial charge is 0.405 e. The van der Waals surface area contributed by atoms with E-state index in [1.807, 2.05) is 0 Å². The maximum absolute atomic E-state index is 12.5. The number of halogens is 4. The summed E-state index contributed by atoms with van der Waals surface area (Å²) in [6.07, 6.45) is -4.28. The van der Waals surface area contributed by atoms with Crippen molar-refractivity contribution < 1.29 is 17.9 Å². The number of rotatable bonds is 6. The number of hydrogen-bond acceptors (Lipinski definition) is 4. The van der Waals surface area contributed by atoms with Crippen LogP contribution in [0.4, 0.5) is 19.0 Å². The molecule has 1 heterocycles. The average Bonchev–Trinajstić information content (AvgIpc) is 2.26. The van der Waals surface area contributed by atoms with Crippen molar-refractivity contribution in [1.29, 1.82) is 0 Å². The lowest BCUT2D eigenvalue weighted by molar-refractivity contribution is -0.119. The van der Waals surface area contributed by atoms with Gasteiger partial charge >= 0.3 is 6.18 Å². The molecule has 0 N–H and O–H groups in total. The Labute approximate surface area is 118 Å². The van der Waals surface area contributed by atoms with Gasteiger partial charge in [0.15, 0.2) is 0 Å². The second-order valence-corrected chi connectivity index (χ2v) is 4.56. The van der Waals surface area contributed by atoms with Gasteiger partial charge in [-0.3, -0.25) is 0 Å². The van der Waals surface area contributed by atoms with Gasteiger partial charge in [-0.15, -0.1) is 0 Å². The molecule has 0 aliphatic carbocycles. The van der Waals surface area contributed by atoms with Crippen LogP contribution in [0.2, 0.25) is 0 Å². The molecule has 0 aliphatic heterocycles. The zero-order chi connectivity index (χ0) is 14.5. The normalized spacial score (nSPS) is 11.5. The van der Waals surface area contributed by atoms with Crippen LogP contribution in [0.25, 0.3) is 0 Å². The van der Waals surface area contributed by atoms with Crippen molar-refractivity contribution in [3.63, 3.8) is 0 Å². The van der Waals surface area contributed by atoms with Crippen LogP contribution >= 0.6 is 15.9 Å². The van der Waals surface area contributed by atoms with Crippen molar-refractivity contribution in [1.82, 2.24) is 9.97 Å². The highest BCUT2D eigenvalue weighted by Gasteiger charge is 2.31. The summed E-state index contributed by atoms with van der Waals surface area (Å²) in [4.78, 5) is 9.19. The van der Waals surface area contributed by atoms with E-state index in [4.69, 9.17) is 4.74 Å². The third-order valence-corrected chi connectivity index (χ3v) is 2.50. The molecule has 4 nitrogen and oxygen atoms in total. The highest BCUT2D eigenvalue weighted by atomic mass is 79.9. The molecule has 0 atom stereocenters. The molecule has 1 aromatic heterocycles. The van der Waals surface area contributed by atoms with Crippen molar-refractivity contribution in [2.45, 2.75) is 20.0 Å². The first kappa shape index (κ1) is 16.0. The van der Waals surface area contributed by atoms with E-state index >= 15 is 0 Å². The summed E-state index contributed by atoms with van der Waals surface area (Å²) in [5.74, 6) is 0.877. The Hall–Kier alpha value is -1.05. The Bertz CT molecular complexity index is 415. The Morgan fingerprint density at radius 1 is 1.37 bits per heavy atom. The van der Waals surface area contributed by atoms with Crippen LogP contribution in [-0.4, -0.2) is 41.2 Å². The molecule has 0 unspecified atom stereocenters. The number of nitrogens with zero attached hydrogens (tertiary/aromatic N) is 3. The zero-order valence-electron chi connectivity index (χ0n) is 10.7.